The molecule has 0 unspecified atom stereocenters. The first kappa shape index (κ1) is 21.9. The van der Waals surface area contributed by atoms with E-state index in [4.69, 9.17) is 0 Å². The second-order valence-corrected chi connectivity index (χ2v) is 7.91. The molecule has 0 saturated carbocycles. The molecule has 0 aromatic heterocycles. The van der Waals surface area contributed by atoms with Gasteiger partial charge >= 0.3 is 0 Å². The lowest BCUT2D eigenvalue weighted by Crippen LogP contribution is -2.44. The van der Waals surface area contributed by atoms with E-state index in [-0.39, 0.29) is 23.2 Å². The Balaban J connectivity index is 0.00000312. The number of hydrogen-bond acceptors (Lipinski definition) is 4. The zero-order valence-corrected chi connectivity index (χ0v) is 16.7. The van der Waals surface area contributed by atoms with Crippen molar-refractivity contribution in [2.45, 2.75) is 37.6 Å². The van der Waals surface area contributed by atoms with Gasteiger partial charge < -0.3 is 10.2 Å². The average Bonchev–Trinajstić information content (AvgIpc) is 2.62. The maximum Gasteiger partial charge on any atom is 0.253 e. The summed E-state index contributed by atoms with van der Waals surface area (Å²) in [7, 11) is -1.61. The van der Waals surface area contributed by atoms with E-state index in [0.29, 0.717) is 37.8 Å². The molecule has 0 aliphatic carbocycles. The number of rotatable bonds is 6. The molecule has 1 fully saturated rings. The average molecular weight is 390 g/mol. The summed E-state index contributed by atoms with van der Waals surface area (Å²) in [5, 5.41) is 3.23. The van der Waals surface area contributed by atoms with Crippen molar-refractivity contribution in [3.05, 3.63) is 29.8 Å². The zero-order chi connectivity index (χ0) is 17.7. The predicted octanol–water partition coefficient (Wildman–Crippen LogP) is 1.96. The van der Waals surface area contributed by atoms with Crippen LogP contribution in [-0.4, -0.2) is 62.8 Å². The largest absolute Gasteiger partial charge is 0.339 e. The fourth-order valence-electron chi connectivity index (χ4n) is 3.06. The maximum atomic E-state index is 12.7. The summed E-state index contributed by atoms with van der Waals surface area (Å²) in [6, 6.07) is 6.83. The summed E-state index contributed by atoms with van der Waals surface area (Å²) in [6.07, 6.45) is 1.83. The SMILES string of the molecule is CCN(CC)S(=O)(=O)c1cccc(C(=O)N2CCC(NC)CC2)c1.Cl. The Labute approximate surface area is 157 Å². The summed E-state index contributed by atoms with van der Waals surface area (Å²) in [5.74, 6) is -0.0962. The van der Waals surface area contributed by atoms with Crippen molar-refractivity contribution < 1.29 is 13.2 Å². The van der Waals surface area contributed by atoms with Crippen molar-refractivity contribution in [2.24, 2.45) is 0 Å². The number of benzene rings is 1. The van der Waals surface area contributed by atoms with Gasteiger partial charge in [-0.25, -0.2) is 8.42 Å². The highest BCUT2D eigenvalue weighted by atomic mass is 35.5. The molecule has 1 aliphatic rings. The number of nitrogens with one attached hydrogen (secondary N) is 1. The summed E-state index contributed by atoms with van der Waals surface area (Å²) in [5.41, 5.74) is 0.436. The highest BCUT2D eigenvalue weighted by molar-refractivity contribution is 7.89. The lowest BCUT2D eigenvalue weighted by molar-refractivity contribution is 0.0707. The Bertz CT molecular complexity index is 669. The van der Waals surface area contributed by atoms with Crippen LogP contribution in [0.4, 0.5) is 0 Å². The van der Waals surface area contributed by atoms with Gasteiger partial charge in [-0.15, -0.1) is 12.4 Å². The number of carbonyl (C=O) groups is 1. The number of hydrogen-bond donors (Lipinski definition) is 1. The van der Waals surface area contributed by atoms with E-state index < -0.39 is 10.0 Å². The molecular formula is C17H28ClN3O3S. The van der Waals surface area contributed by atoms with Gasteiger partial charge in [0.05, 0.1) is 4.90 Å². The minimum Gasteiger partial charge on any atom is -0.339 e. The molecule has 1 saturated heterocycles. The van der Waals surface area contributed by atoms with Crippen LogP contribution in [0.5, 0.6) is 0 Å². The summed E-state index contributed by atoms with van der Waals surface area (Å²) >= 11 is 0. The van der Waals surface area contributed by atoms with Gasteiger partial charge in [0.1, 0.15) is 0 Å². The molecule has 1 N–H and O–H groups in total. The Morgan fingerprint density at radius 3 is 2.36 bits per heavy atom. The first-order valence-corrected chi connectivity index (χ1v) is 9.94. The van der Waals surface area contributed by atoms with Crippen molar-refractivity contribution >= 4 is 28.3 Å². The van der Waals surface area contributed by atoms with E-state index in [1.807, 2.05) is 20.9 Å². The molecule has 8 heteroatoms. The van der Waals surface area contributed by atoms with Crippen LogP contribution in [0.2, 0.25) is 0 Å². The van der Waals surface area contributed by atoms with Gasteiger partial charge in [-0.3, -0.25) is 4.79 Å². The minimum absolute atomic E-state index is 0. The van der Waals surface area contributed by atoms with Crippen molar-refractivity contribution in [1.82, 2.24) is 14.5 Å². The van der Waals surface area contributed by atoms with E-state index in [1.54, 1.807) is 23.1 Å². The number of piperidine rings is 1. The first-order valence-electron chi connectivity index (χ1n) is 8.50. The Hall–Kier alpha value is -1.15. The molecular weight excluding hydrogens is 362 g/mol. The highest BCUT2D eigenvalue weighted by Gasteiger charge is 2.25. The molecule has 0 spiro atoms. The highest BCUT2D eigenvalue weighted by Crippen LogP contribution is 2.19. The van der Waals surface area contributed by atoms with Crippen LogP contribution >= 0.6 is 12.4 Å². The monoisotopic (exact) mass is 389 g/mol. The standard InChI is InChI=1S/C17H27N3O3S.ClH/c1-4-20(5-2)24(22,23)16-8-6-7-14(13-16)17(21)19-11-9-15(18-3)10-12-19;/h6-8,13,15,18H,4-5,9-12H2,1-3H3;1H. The van der Waals surface area contributed by atoms with Crippen LogP contribution in [0, 0.1) is 0 Å². The molecule has 1 aromatic rings. The van der Waals surface area contributed by atoms with Crippen molar-refractivity contribution in [3.63, 3.8) is 0 Å². The third-order valence-corrected chi connectivity index (χ3v) is 6.66. The van der Waals surface area contributed by atoms with Gasteiger partial charge in [-0.2, -0.15) is 4.31 Å². The Morgan fingerprint density at radius 1 is 1.24 bits per heavy atom. The van der Waals surface area contributed by atoms with Crippen LogP contribution in [0.1, 0.15) is 37.0 Å². The van der Waals surface area contributed by atoms with Gasteiger partial charge in [0.25, 0.3) is 5.91 Å². The molecule has 6 nitrogen and oxygen atoms in total. The molecule has 25 heavy (non-hydrogen) atoms. The Morgan fingerprint density at radius 2 is 1.84 bits per heavy atom. The van der Waals surface area contributed by atoms with Gasteiger partial charge in [0.2, 0.25) is 10.0 Å². The van der Waals surface area contributed by atoms with E-state index in [2.05, 4.69) is 5.32 Å². The van der Waals surface area contributed by atoms with Gasteiger partial charge in [0.15, 0.2) is 0 Å². The molecule has 1 aromatic carbocycles. The van der Waals surface area contributed by atoms with Crippen LogP contribution in [0.25, 0.3) is 0 Å². The number of amides is 1. The number of likely N-dealkylation sites (tertiary alicyclic amines) is 1. The third-order valence-electron chi connectivity index (χ3n) is 4.61. The van der Waals surface area contributed by atoms with Crippen molar-refractivity contribution in [2.75, 3.05) is 33.2 Å². The number of sulfonamides is 1. The Kier molecular flexibility index (Phi) is 8.34. The zero-order valence-electron chi connectivity index (χ0n) is 15.1. The molecule has 0 bridgehead atoms. The van der Waals surface area contributed by atoms with Gasteiger partial charge in [-0.05, 0) is 38.1 Å². The van der Waals surface area contributed by atoms with Crippen LogP contribution in [0.3, 0.4) is 0 Å². The number of halogens is 1. The van der Waals surface area contributed by atoms with E-state index >= 15 is 0 Å². The number of carbonyl (C=O) groups excluding carboxylic acids is 1. The van der Waals surface area contributed by atoms with Crippen LogP contribution < -0.4 is 5.32 Å². The van der Waals surface area contributed by atoms with Gasteiger partial charge in [-0.1, -0.05) is 19.9 Å². The topological polar surface area (TPSA) is 69.7 Å². The normalized spacial score (nSPS) is 15.9. The summed E-state index contributed by atoms with van der Waals surface area (Å²) in [6.45, 7) is 5.82. The van der Waals surface area contributed by atoms with Crippen molar-refractivity contribution in [3.8, 4) is 0 Å². The van der Waals surface area contributed by atoms with E-state index in [0.717, 1.165) is 12.8 Å². The summed E-state index contributed by atoms with van der Waals surface area (Å²) < 4.78 is 26.6. The van der Waals surface area contributed by atoms with E-state index in [9.17, 15) is 13.2 Å². The fraction of sp³-hybridized carbons (Fsp3) is 0.588. The summed E-state index contributed by atoms with van der Waals surface area (Å²) in [4.78, 5) is 14.7. The predicted molar refractivity (Wildman–Crippen MR) is 102 cm³/mol. The lowest BCUT2D eigenvalue weighted by atomic mass is 10.0. The van der Waals surface area contributed by atoms with Crippen LogP contribution in [0.15, 0.2) is 29.2 Å². The minimum atomic E-state index is -3.55. The van der Waals surface area contributed by atoms with E-state index in [1.165, 1.54) is 10.4 Å². The quantitative estimate of drug-likeness (QED) is 0.807. The molecule has 0 radical (unpaired) electrons. The number of nitrogens with zero attached hydrogens (tertiary/aromatic N) is 2. The second-order valence-electron chi connectivity index (χ2n) is 5.97. The molecule has 1 aliphatic heterocycles. The molecule has 1 heterocycles. The molecule has 2 rings (SSSR count). The lowest BCUT2D eigenvalue weighted by Gasteiger charge is -2.32. The van der Waals surface area contributed by atoms with Crippen molar-refractivity contribution in [1.29, 1.82) is 0 Å². The smallest absolute Gasteiger partial charge is 0.253 e. The second kappa shape index (κ2) is 9.52. The first-order chi connectivity index (χ1) is 11.4. The van der Waals surface area contributed by atoms with Crippen LogP contribution in [-0.2, 0) is 10.0 Å². The van der Waals surface area contributed by atoms with Gasteiger partial charge in [0, 0.05) is 37.8 Å². The fourth-order valence-corrected chi connectivity index (χ4v) is 4.56. The molecule has 142 valence electrons. The molecule has 1 amide bonds. The molecule has 0 atom stereocenters. The maximum absolute atomic E-state index is 12.7. The third kappa shape index (κ3) is 4.94.